The van der Waals surface area contributed by atoms with E-state index in [0.717, 1.165) is 25.5 Å². The predicted molar refractivity (Wildman–Crippen MR) is 60.7 cm³/mol. The monoisotopic (exact) mass is 261 g/mol. The van der Waals surface area contributed by atoms with E-state index in [9.17, 15) is 17.6 Å². The molecular formula is C13H15F4N. The molecule has 1 aliphatic rings. The summed E-state index contributed by atoms with van der Waals surface area (Å²) in [7, 11) is 0. The normalized spacial score (nSPS) is 24.5. The predicted octanol–water partition coefficient (Wildman–Crippen LogP) is 3.53. The lowest BCUT2D eigenvalue weighted by molar-refractivity contribution is -0.137. The van der Waals surface area contributed by atoms with Crippen LogP contribution < -0.4 is 5.32 Å². The Morgan fingerprint density at radius 3 is 2.56 bits per heavy atom. The fourth-order valence-corrected chi connectivity index (χ4v) is 2.47. The van der Waals surface area contributed by atoms with Gasteiger partial charge in [-0.05, 0) is 56.5 Å². The Morgan fingerprint density at radius 2 is 2.00 bits per heavy atom. The SMILES string of the molecule is CC1(Cc2cc(F)cc(C(F)(F)F)c2)CCCN1. The van der Waals surface area contributed by atoms with Crippen LogP contribution in [0.25, 0.3) is 0 Å². The lowest BCUT2D eigenvalue weighted by Gasteiger charge is -2.24. The maximum absolute atomic E-state index is 13.2. The molecule has 1 unspecified atom stereocenters. The molecule has 1 aromatic rings. The van der Waals surface area contributed by atoms with Crippen molar-refractivity contribution in [3.05, 3.63) is 35.1 Å². The van der Waals surface area contributed by atoms with Gasteiger partial charge in [-0.25, -0.2) is 4.39 Å². The van der Waals surface area contributed by atoms with Crippen molar-refractivity contribution in [2.75, 3.05) is 6.54 Å². The van der Waals surface area contributed by atoms with Crippen molar-refractivity contribution in [2.24, 2.45) is 0 Å². The molecule has 1 atom stereocenters. The Bertz CT molecular complexity index is 433. The molecule has 1 aromatic carbocycles. The van der Waals surface area contributed by atoms with Crippen LogP contribution >= 0.6 is 0 Å². The van der Waals surface area contributed by atoms with Gasteiger partial charge in [-0.2, -0.15) is 13.2 Å². The highest BCUT2D eigenvalue weighted by molar-refractivity contribution is 5.28. The summed E-state index contributed by atoms with van der Waals surface area (Å²) < 4.78 is 51.0. The van der Waals surface area contributed by atoms with E-state index in [1.807, 2.05) is 6.92 Å². The summed E-state index contributed by atoms with van der Waals surface area (Å²) in [6.07, 6.45) is -2.20. The third-order valence-electron chi connectivity index (χ3n) is 3.34. The lowest BCUT2D eigenvalue weighted by atomic mass is 9.90. The topological polar surface area (TPSA) is 12.0 Å². The maximum atomic E-state index is 13.2. The molecule has 1 fully saturated rings. The van der Waals surface area contributed by atoms with Gasteiger partial charge in [0.05, 0.1) is 5.56 Å². The molecule has 2 rings (SSSR count). The summed E-state index contributed by atoms with van der Waals surface area (Å²) in [6.45, 7) is 2.82. The zero-order valence-electron chi connectivity index (χ0n) is 10.1. The average molecular weight is 261 g/mol. The standard InChI is InChI=1S/C13H15F4N/c1-12(3-2-4-18-12)8-9-5-10(13(15,16)17)7-11(14)6-9/h5-7,18H,2-4,8H2,1H3. The van der Waals surface area contributed by atoms with E-state index in [2.05, 4.69) is 5.32 Å². The van der Waals surface area contributed by atoms with Gasteiger partial charge in [-0.3, -0.25) is 0 Å². The molecule has 0 saturated carbocycles. The second kappa shape index (κ2) is 4.53. The molecule has 100 valence electrons. The van der Waals surface area contributed by atoms with Crippen LogP contribution in [0.15, 0.2) is 18.2 Å². The third-order valence-corrected chi connectivity index (χ3v) is 3.34. The highest BCUT2D eigenvalue weighted by atomic mass is 19.4. The summed E-state index contributed by atoms with van der Waals surface area (Å²) >= 11 is 0. The molecule has 1 N–H and O–H groups in total. The molecular weight excluding hydrogens is 246 g/mol. The van der Waals surface area contributed by atoms with Crippen molar-refractivity contribution >= 4 is 0 Å². The molecule has 0 bridgehead atoms. The summed E-state index contributed by atoms with van der Waals surface area (Å²) in [5, 5.41) is 3.26. The molecule has 5 heteroatoms. The van der Waals surface area contributed by atoms with Crippen molar-refractivity contribution in [2.45, 2.75) is 37.9 Å². The van der Waals surface area contributed by atoms with Gasteiger partial charge in [-0.15, -0.1) is 0 Å². The quantitative estimate of drug-likeness (QED) is 0.803. The van der Waals surface area contributed by atoms with Crippen LogP contribution in [0.1, 0.15) is 30.9 Å². The molecule has 18 heavy (non-hydrogen) atoms. The number of halogens is 4. The first kappa shape index (κ1) is 13.3. The van der Waals surface area contributed by atoms with E-state index in [-0.39, 0.29) is 5.54 Å². The minimum Gasteiger partial charge on any atom is -0.311 e. The zero-order chi connectivity index (χ0) is 13.4. The van der Waals surface area contributed by atoms with Crippen LogP contribution in [-0.4, -0.2) is 12.1 Å². The van der Waals surface area contributed by atoms with E-state index in [0.29, 0.717) is 18.1 Å². The molecule has 0 amide bonds. The molecule has 0 aliphatic carbocycles. The second-order valence-corrected chi connectivity index (χ2v) is 5.11. The Labute approximate surface area is 103 Å². The fourth-order valence-electron chi connectivity index (χ4n) is 2.47. The summed E-state index contributed by atoms with van der Waals surface area (Å²) in [6, 6.07) is 2.75. The Hall–Kier alpha value is -1.10. The van der Waals surface area contributed by atoms with Crippen molar-refractivity contribution in [3.8, 4) is 0 Å². The fraction of sp³-hybridized carbons (Fsp3) is 0.538. The minimum absolute atomic E-state index is 0.226. The smallest absolute Gasteiger partial charge is 0.311 e. The van der Waals surface area contributed by atoms with Gasteiger partial charge in [0.2, 0.25) is 0 Å². The average Bonchev–Trinajstić information content (AvgIpc) is 2.62. The van der Waals surface area contributed by atoms with Crippen molar-refractivity contribution in [3.63, 3.8) is 0 Å². The Morgan fingerprint density at radius 1 is 1.28 bits per heavy atom. The van der Waals surface area contributed by atoms with Gasteiger partial charge >= 0.3 is 6.18 Å². The molecule has 1 heterocycles. The highest BCUT2D eigenvalue weighted by Gasteiger charge is 2.33. The van der Waals surface area contributed by atoms with Crippen LogP contribution in [0.5, 0.6) is 0 Å². The highest BCUT2D eigenvalue weighted by Crippen LogP contribution is 2.32. The first-order valence-electron chi connectivity index (χ1n) is 5.90. The van der Waals surface area contributed by atoms with Gasteiger partial charge < -0.3 is 5.32 Å². The van der Waals surface area contributed by atoms with Gasteiger partial charge in [-0.1, -0.05) is 0 Å². The van der Waals surface area contributed by atoms with E-state index in [4.69, 9.17) is 0 Å². The molecule has 1 aliphatic heterocycles. The maximum Gasteiger partial charge on any atom is 0.416 e. The van der Waals surface area contributed by atoms with Gasteiger partial charge in [0.15, 0.2) is 0 Å². The minimum atomic E-state index is -4.50. The first-order chi connectivity index (χ1) is 8.28. The first-order valence-corrected chi connectivity index (χ1v) is 5.90. The number of alkyl halides is 3. The second-order valence-electron chi connectivity index (χ2n) is 5.11. The number of nitrogens with one attached hydrogen (secondary N) is 1. The summed E-state index contributed by atoms with van der Waals surface area (Å²) in [4.78, 5) is 0. The number of hydrogen-bond acceptors (Lipinski definition) is 1. The lowest BCUT2D eigenvalue weighted by Crippen LogP contribution is -2.38. The van der Waals surface area contributed by atoms with Crippen LogP contribution in [0, 0.1) is 5.82 Å². The summed E-state index contributed by atoms with van der Waals surface area (Å²) in [5.41, 5.74) is -0.755. The van der Waals surface area contributed by atoms with Gasteiger partial charge in [0, 0.05) is 5.54 Å². The molecule has 1 nitrogen and oxygen atoms in total. The van der Waals surface area contributed by atoms with Crippen LogP contribution in [-0.2, 0) is 12.6 Å². The number of hydrogen-bond donors (Lipinski definition) is 1. The van der Waals surface area contributed by atoms with Gasteiger partial charge in [0.1, 0.15) is 5.82 Å². The molecule has 0 aromatic heterocycles. The van der Waals surface area contributed by atoms with Crippen LogP contribution in [0.3, 0.4) is 0 Å². The molecule has 0 spiro atoms. The number of rotatable bonds is 2. The zero-order valence-corrected chi connectivity index (χ0v) is 10.1. The van der Waals surface area contributed by atoms with Crippen molar-refractivity contribution in [1.82, 2.24) is 5.32 Å². The largest absolute Gasteiger partial charge is 0.416 e. The Kier molecular flexibility index (Phi) is 3.36. The van der Waals surface area contributed by atoms with E-state index < -0.39 is 17.6 Å². The number of benzene rings is 1. The molecule has 0 radical (unpaired) electrons. The van der Waals surface area contributed by atoms with E-state index >= 15 is 0 Å². The van der Waals surface area contributed by atoms with Crippen LogP contribution in [0.4, 0.5) is 17.6 Å². The molecule has 1 saturated heterocycles. The van der Waals surface area contributed by atoms with E-state index in [1.54, 1.807) is 0 Å². The third kappa shape index (κ3) is 3.02. The van der Waals surface area contributed by atoms with Crippen molar-refractivity contribution < 1.29 is 17.6 Å². The Balaban J connectivity index is 2.25. The van der Waals surface area contributed by atoms with Crippen molar-refractivity contribution in [1.29, 1.82) is 0 Å². The van der Waals surface area contributed by atoms with Gasteiger partial charge in [0.25, 0.3) is 0 Å². The van der Waals surface area contributed by atoms with Crippen LogP contribution in [0.2, 0.25) is 0 Å². The summed E-state index contributed by atoms with van der Waals surface area (Å²) in [5.74, 6) is -0.832. The van der Waals surface area contributed by atoms with E-state index in [1.165, 1.54) is 6.07 Å².